The second-order valence-corrected chi connectivity index (χ2v) is 4.67. The van der Waals surface area contributed by atoms with Crippen LogP contribution >= 0.6 is 19.2 Å². The van der Waals surface area contributed by atoms with Gasteiger partial charge in [-0.3, -0.25) is 0 Å². The van der Waals surface area contributed by atoms with Crippen LogP contribution in [0.15, 0.2) is 30.3 Å². The molecule has 0 aliphatic heterocycles. The first-order valence-corrected chi connectivity index (χ1v) is 7.16. The van der Waals surface area contributed by atoms with Gasteiger partial charge in [0.1, 0.15) is 5.75 Å². The van der Waals surface area contributed by atoms with Crippen molar-refractivity contribution >= 4 is 19.2 Å². The van der Waals surface area contributed by atoms with Gasteiger partial charge in [-0.15, -0.1) is 11.2 Å². The Bertz CT molecular complexity index is 228. The molecule has 1 aromatic carbocycles. The molecule has 1 aromatic rings. The third-order valence-electron chi connectivity index (χ3n) is 1.93. The van der Waals surface area contributed by atoms with Crippen LogP contribution in [0.2, 0.25) is 0 Å². The zero-order valence-corrected chi connectivity index (χ0v) is 9.96. The van der Waals surface area contributed by atoms with Gasteiger partial charge < -0.3 is 4.74 Å². The molecule has 0 spiro atoms. The summed E-state index contributed by atoms with van der Waals surface area (Å²) in [5, 5.41) is 0. The highest BCUT2D eigenvalue weighted by Gasteiger charge is 1.92. The van der Waals surface area contributed by atoms with Crippen molar-refractivity contribution in [3.63, 3.8) is 0 Å². The van der Waals surface area contributed by atoms with Crippen LogP contribution in [0.4, 0.5) is 0 Å². The molecule has 0 heterocycles. The minimum Gasteiger partial charge on any atom is -0.494 e. The van der Waals surface area contributed by atoms with E-state index in [1.807, 2.05) is 30.3 Å². The predicted molar refractivity (Wildman–Crippen MR) is 64.8 cm³/mol. The van der Waals surface area contributed by atoms with E-state index in [1.54, 1.807) is 0 Å². The van der Waals surface area contributed by atoms with Crippen LogP contribution in [0.1, 0.15) is 19.3 Å². The first-order valence-electron chi connectivity index (χ1n) is 4.95. The molecule has 1 nitrogen and oxygen atoms in total. The molecule has 3 heteroatoms. The highest BCUT2D eigenvalue weighted by Crippen LogP contribution is 2.18. The van der Waals surface area contributed by atoms with E-state index in [4.69, 9.17) is 16.0 Å². The van der Waals surface area contributed by atoms with E-state index in [0.29, 0.717) is 7.93 Å². The highest BCUT2D eigenvalue weighted by atomic mass is 35.7. The van der Waals surface area contributed by atoms with Gasteiger partial charge in [0.2, 0.25) is 0 Å². The molecule has 0 aliphatic rings. The molecule has 1 unspecified atom stereocenters. The van der Waals surface area contributed by atoms with Gasteiger partial charge in [-0.25, -0.2) is 0 Å². The van der Waals surface area contributed by atoms with Crippen molar-refractivity contribution in [3.8, 4) is 5.75 Å². The van der Waals surface area contributed by atoms with Crippen LogP contribution in [-0.2, 0) is 0 Å². The smallest absolute Gasteiger partial charge is 0.119 e. The Morgan fingerprint density at radius 3 is 2.57 bits per heavy atom. The zero-order valence-electron chi connectivity index (χ0n) is 8.21. The Hall–Kier alpha value is -0.260. The predicted octanol–water partition coefficient (Wildman–Crippen LogP) is 4.07. The van der Waals surface area contributed by atoms with Gasteiger partial charge in [0, 0.05) is 0 Å². The van der Waals surface area contributed by atoms with Crippen LogP contribution in [0, 0.1) is 0 Å². The van der Waals surface area contributed by atoms with E-state index in [1.165, 1.54) is 12.8 Å². The van der Waals surface area contributed by atoms with Crippen molar-refractivity contribution in [3.05, 3.63) is 30.3 Å². The average molecular weight is 231 g/mol. The molecule has 0 fully saturated rings. The van der Waals surface area contributed by atoms with Gasteiger partial charge in [0.25, 0.3) is 0 Å². The van der Waals surface area contributed by atoms with E-state index in [0.717, 1.165) is 24.9 Å². The standard InChI is InChI=1S/C11H16ClOP/c12-14-10-6-2-5-9-13-11-7-3-1-4-8-11/h1,3-4,7-8,14H,2,5-6,9-10H2. The molecule has 0 N–H and O–H groups in total. The lowest BCUT2D eigenvalue weighted by atomic mass is 10.3. The lowest BCUT2D eigenvalue weighted by molar-refractivity contribution is 0.306. The van der Waals surface area contributed by atoms with Gasteiger partial charge in [0.15, 0.2) is 0 Å². The van der Waals surface area contributed by atoms with Gasteiger partial charge in [-0.2, -0.15) is 0 Å². The summed E-state index contributed by atoms with van der Waals surface area (Å²) >= 11 is 5.61. The maximum atomic E-state index is 5.61. The van der Waals surface area contributed by atoms with Gasteiger partial charge in [-0.05, 0) is 45.5 Å². The first-order chi connectivity index (χ1) is 6.93. The third-order valence-corrected chi connectivity index (χ3v) is 3.04. The number of hydrogen-bond donors (Lipinski definition) is 0. The summed E-state index contributed by atoms with van der Waals surface area (Å²) in [4.78, 5) is 0. The second kappa shape index (κ2) is 8.08. The summed E-state index contributed by atoms with van der Waals surface area (Å²) in [6.07, 6.45) is 4.70. The van der Waals surface area contributed by atoms with Crippen molar-refractivity contribution < 1.29 is 4.74 Å². The summed E-state index contributed by atoms with van der Waals surface area (Å²) in [6, 6.07) is 9.95. The molecule has 0 aromatic heterocycles. The summed E-state index contributed by atoms with van der Waals surface area (Å²) in [5.41, 5.74) is 0. The van der Waals surface area contributed by atoms with E-state index in [9.17, 15) is 0 Å². The van der Waals surface area contributed by atoms with E-state index in [-0.39, 0.29) is 0 Å². The molecule has 0 saturated carbocycles. The molecular weight excluding hydrogens is 215 g/mol. The van der Waals surface area contributed by atoms with Gasteiger partial charge >= 0.3 is 0 Å². The molecule has 14 heavy (non-hydrogen) atoms. The highest BCUT2D eigenvalue weighted by molar-refractivity contribution is 7.68. The van der Waals surface area contributed by atoms with E-state index in [2.05, 4.69) is 0 Å². The Morgan fingerprint density at radius 2 is 1.86 bits per heavy atom. The normalized spacial score (nSPS) is 10.9. The fourth-order valence-electron chi connectivity index (χ4n) is 1.18. The molecule has 0 aliphatic carbocycles. The number of hydrogen-bond acceptors (Lipinski definition) is 1. The maximum Gasteiger partial charge on any atom is 0.119 e. The molecule has 1 atom stereocenters. The fourth-order valence-corrected chi connectivity index (χ4v) is 1.96. The number of rotatable bonds is 7. The summed E-state index contributed by atoms with van der Waals surface area (Å²) in [5.74, 6) is 0.965. The lowest BCUT2D eigenvalue weighted by Gasteiger charge is -2.04. The third kappa shape index (κ3) is 5.47. The summed E-state index contributed by atoms with van der Waals surface area (Å²) in [7, 11) is 0.574. The summed E-state index contributed by atoms with van der Waals surface area (Å²) in [6.45, 7) is 0.815. The topological polar surface area (TPSA) is 9.23 Å². The molecule has 0 amide bonds. The maximum absolute atomic E-state index is 5.61. The molecule has 0 radical (unpaired) electrons. The Kier molecular flexibility index (Phi) is 6.82. The number of benzene rings is 1. The van der Waals surface area contributed by atoms with Crippen molar-refractivity contribution in [2.24, 2.45) is 0 Å². The van der Waals surface area contributed by atoms with Crippen LogP contribution in [0.25, 0.3) is 0 Å². The zero-order chi connectivity index (χ0) is 10.1. The minimum absolute atomic E-state index is 0.574. The van der Waals surface area contributed by atoms with Crippen molar-refractivity contribution in [1.82, 2.24) is 0 Å². The second-order valence-electron chi connectivity index (χ2n) is 3.11. The van der Waals surface area contributed by atoms with Crippen molar-refractivity contribution in [2.45, 2.75) is 19.3 Å². The molecule has 0 saturated heterocycles. The number of ether oxygens (including phenoxy) is 1. The van der Waals surface area contributed by atoms with Crippen molar-refractivity contribution in [1.29, 1.82) is 0 Å². The fraction of sp³-hybridized carbons (Fsp3) is 0.455. The van der Waals surface area contributed by atoms with Gasteiger partial charge in [-0.1, -0.05) is 18.2 Å². The largest absolute Gasteiger partial charge is 0.494 e. The number of para-hydroxylation sites is 1. The Balaban J connectivity index is 1.99. The number of halogens is 1. The average Bonchev–Trinajstić information content (AvgIpc) is 2.25. The monoisotopic (exact) mass is 230 g/mol. The molecule has 1 rings (SSSR count). The SMILES string of the molecule is ClPCCCCCOc1ccccc1. The Morgan fingerprint density at radius 1 is 1.07 bits per heavy atom. The quantitative estimate of drug-likeness (QED) is 0.507. The van der Waals surface area contributed by atoms with E-state index >= 15 is 0 Å². The first kappa shape index (κ1) is 11.8. The summed E-state index contributed by atoms with van der Waals surface area (Å²) < 4.78 is 5.56. The van der Waals surface area contributed by atoms with Gasteiger partial charge in [0.05, 0.1) is 6.61 Å². The minimum atomic E-state index is 0.574. The number of unbranched alkanes of at least 4 members (excludes halogenated alkanes) is 2. The molecule has 0 bridgehead atoms. The molecular formula is C11H16ClOP. The van der Waals surface area contributed by atoms with Crippen molar-refractivity contribution in [2.75, 3.05) is 12.8 Å². The van der Waals surface area contributed by atoms with Crippen LogP contribution in [-0.4, -0.2) is 12.8 Å². The van der Waals surface area contributed by atoms with E-state index < -0.39 is 0 Å². The molecule has 78 valence electrons. The van der Waals surface area contributed by atoms with Crippen LogP contribution < -0.4 is 4.74 Å². The van der Waals surface area contributed by atoms with Crippen LogP contribution in [0.5, 0.6) is 5.75 Å². The lowest BCUT2D eigenvalue weighted by Crippen LogP contribution is -1.96. The van der Waals surface area contributed by atoms with Crippen LogP contribution in [0.3, 0.4) is 0 Å². The Labute approximate surface area is 92.4 Å².